The first kappa shape index (κ1) is 14.9. The average Bonchev–Trinajstić information content (AvgIpc) is 2.42. The van der Waals surface area contributed by atoms with Gasteiger partial charge in [0.25, 0.3) is 0 Å². The fourth-order valence-electron chi connectivity index (χ4n) is 1.70. The Bertz CT molecular complexity index is 313. The number of anilines is 1. The number of ether oxygens (including phenoxy) is 1. The third-order valence-corrected chi connectivity index (χ3v) is 2.85. The topological polar surface area (TPSA) is 37.4 Å². The van der Waals surface area contributed by atoms with Crippen LogP contribution >= 0.6 is 0 Å². The molecule has 4 heteroatoms. The van der Waals surface area contributed by atoms with Crippen LogP contribution in [-0.2, 0) is 11.3 Å². The van der Waals surface area contributed by atoms with Crippen molar-refractivity contribution in [3.63, 3.8) is 0 Å². The first-order valence-corrected chi connectivity index (χ1v) is 6.70. The minimum Gasteiger partial charge on any atom is -0.383 e. The summed E-state index contributed by atoms with van der Waals surface area (Å²) >= 11 is 0. The van der Waals surface area contributed by atoms with E-state index in [0.29, 0.717) is 0 Å². The summed E-state index contributed by atoms with van der Waals surface area (Å²) in [6.45, 7) is 8.98. The van der Waals surface area contributed by atoms with E-state index in [1.54, 1.807) is 7.11 Å². The molecule has 0 bridgehead atoms. The van der Waals surface area contributed by atoms with Gasteiger partial charge in [-0.15, -0.1) is 0 Å². The van der Waals surface area contributed by atoms with Gasteiger partial charge >= 0.3 is 0 Å². The Morgan fingerprint density at radius 2 is 2.17 bits per heavy atom. The SMILES string of the molecule is CCCNc1ccc(CN(CC)CCOC)cn1. The Hall–Kier alpha value is -1.13. The van der Waals surface area contributed by atoms with Crippen LogP contribution in [0, 0.1) is 0 Å². The van der Waals surface area contributed by atoms with Crippen molar-refractivity contribution in [2.24, 2.45) is 0 Å². The second kappa shape index (κ2) is 8.89. The fourth-order valence-corrected chi connectivity index (χ4v) is 1.70. The highest BCUT2D eigenvalue weighted by Gasteiger charge is 2.03. The molecule has 102 valence electrons. The van der Waals surface area contributed by atoms with Gasteiger partial charge in [0.2, 0.25) is 0 Å². The predicted molar refractivity (Wildman–Crippen MR) is 75.8 cm³/mol. The summed E-state index contributed by atoms with van der Waals surface area (Å²) in [6, 6.07) is 4.19. The zero-order chi connectivity index (χ0) is 13.2. The molecule has 0 aromatic carbocycles. The maximum absolute atomic E-state index is 5.11. The van der Waals surface area contributed by atoms with Crippen LogP contribution in [0.4, 0.5) is 5.82 Å². The van der Waals surface area contributed by atoms with Gasteiger partial charge in [0.1, 0.15) is 5.82 Å². The minimum absolute atomic E-state index is 0.775. The van der Waals surface area contributed by atoms with Crippen molar-refractivity contribution in [2.75, 3.05) is 38.7 Å². The van der Waals surface area contributed by atoms with E-state index in [0.717, 1.165) is 45.0 Å². The molecule has 1 heterocycles. The molecule has 1 aromatic heterocycles. The number of hydrogen-bond acceptors (Lipinski definition) is 4. The smallest absolute Gasteiger partial charge is 0.125 e. The van der Waals surface area contributed by atoms with Crippen molar-refractivity contribution in [3.8, 4) is 0 Å². The van der Waals surface area contributed by atoms with E-state index in [1.807, 2.05) is 6.20 Å². The van der Waals surface area contributed by atoms with Crippen LogP contribution in [0.3, 0.4) is 0 Å². The molecule has 1 aromatic rings. The highest BCUT2D eigenvalue weighted by Crippen LogP contribution is 2.07. The molecule has 0 fully saturated rings. The van der Waals surface area contributed by atoms with Crippen molar-refractivity contribution < 1.29 is 4.74 Å². The van der Waals surface area contributed by atoms with Gasteiger partial charge in [0, 0.05) is 32.9 Å². The maximum Gasteiger partial charge on any atom is 0.125 e. The molecule has 0 aliphatic carbocycles. The van der Waals surface area contributed by atoms with Gasteiger partial charge in [-0.25, -0.2) is 4.98 Å². The standard InChI is InChI=1S/C14H25N3O/c1-4-8-15-14-7-6-13(11-16-14)12-17(5-2)9-10-18-3/h6-7,11H,4-5,8-10,12H2,1-3H3,(H,15,16). The van der Waals surface area contributed by atoms with Crippen molar-refractivity contribution in [3.05, 3.63) is 23.9 Å². The molecule has 0 aliphatic rings. The number of nitrogens with one attached hydrogen (secondary N) is 1. The van der Waals surface area contributed by atoms with Crippen molar-refractivity contribution in [1.29, 1.82) is 0 Å². The number of rotatable bonds is 9. The Morgan fingerprint density at radius 1 is 1.33 bits per heavy atom. The quantitative estimate of drug-likeness (QED) is 0.731. The van der Waals surface area contributed by atoms with E-state index in [4.69, 9.17) is 4.74 Å². The normalized spacial score (nSPS) is 10.9. The highest BCUT2D eigenvalue weighted by molar-refractivity contribution is 5.35. The van der Waals surface area contributed by atoms with Gasteiger partial charge in [-0.2, -0.15) is 0 Å². The number of methoxy groups -OCH3 is 1. The van der Waals surface area contributed by atoms with Gasteiger partial charge in [-0.05, 0) is 24.6 Å². The number of hydrogen-bond donors (Lipinski definition) is 1. The molecule has 1 rings (SSSR count). The van der Waals surface area contributed by atoms with Crippen LogP contribution in [0.25, 0.3) is 0 Å². The van der Waals surface area contributed by atoms with Crippen LogP contribution < -0.4 is 5.32 Å². The van der Waals surface area contributed by atoms with E-state index in [9.17, 15) is 0 Å². The zero-order valence-corrected chi connectivity index (χ0v) is 11.8. The number of nitrogens with zero attached hydrogens (tertiary/aromatic N) is 2. The molecule has 4 nitrogen and oxygen atoms in total. The van der Waals surface area contributed by atoms with E-state index in [2.05, 4.69) is 41.2 Å². The lowest BCUT2D eigenvalue weighted by Crippen LogP contribution is -2.26. The number of aromatic nitrogens is 1. The Labute approximate surface area is 110 Å². The third-order valence-electron chi connectivity index (χ3n) is 2.85. The number of likely N-dealkylation sites (N-methyl/N-ethyl adjacent to an activating group) is 1. The highest BCUT2D eigenvalue weighted by atomic mass is 16.5. The summed E-state index contributed by atoms with van der Waals surface area (Å²) in [5.41, 5.74) is 1.25. The molecule has 1 N–H and O–H groups in total. The lowest BCUT2D eigenvalue weighted by molar-refractivity contribution is 0.147. The van der Waals surface area contributed by atoms with Crippen LogP contribution in [0.15, 0.2) is 18.3 Å². The second-order valence-electron chi connectivity index (χ2n) is 4.34. The molecule has 0 spiro atoms. The van der Waals surface area contributed by atoms with Crippen molar-refractivity contribution in [1.82, 2.24) is 9.88 Å². The van der Waals surface area contributed by atoms with Gasteiger partial charge in [-0.3, -0.25) is 4.90 Å². The maximum atomic E-state index is 5.11. The van der Waals surface area contributed by atoms with Crippen LogP contribution in [-0.4, -0.2) is 43.2 Å². The molecule has 0 saturated carbocycles. The fraction of sp³-hybridized carbons (Fsp3) is 0.643. The Morgan fingerprint density at radius 3 is 2.72 bits per heavy atom. The van der Waals surface area contributed by atoms with Crippen molar-refractivity contribution in [2.45, 2.75) is 26.8 Å². The van der Waals surface area contributed by atoms with Gasteiger partial charge < -0.3 is 10.1 Å². The van der Waals surface area contributed by atoms with Gasteiger partial charge in [0.15, 0.2) is 0 Å². The zero-order valence-electron chi connectivity index (χ0n) is 11.8. The molecule has 0 atom stereocenters. The Balaban J connectivity index is 2.45. The lowest BCUT2D eigenvalue weighted by atomic mass is 10.2. The van der Waals surface area contributed by atoms with Crippen LogP contribution in [0.2, 0.25) is 0 Å². The monoisotopic (exact) mass is 251 g/mol. The third kappa shape index (κ3) is 5.47. The molecule has 0 aliphatic heterocycles. The van der Waals surface area contributed by atoms with Crippen LogP contribution in [0.1, 0.15) is 25.8 Å². The van der Waals surface area contributed by atoms with E-state index in [1.165, 1.54) is 5.56 Å². The average molecular weight is 251 g/mol. The molecule has 18 heavy (non-hydrogen) atoms. The molecule has 0 radical (unpaired) electrons. The minimum atomic E-state index is 0.775. The molecular formula is C14H25N3O. The van der Waals surface area contributed by atoms with E-state index < -0.39 is 0 Å². The van der Waals surface area contributed by atoms with E-state index in [-0.39, 0.29) is 0 Å². The van der Waals surface area contributed by atoms with Crippen molar-refractivity contribution >= 4 is 5.82 Å². The Kier molecular flexibility index (Phi) is 7.37. The second-order valence-corrected chi connectivity index (χ2v) is 4.34. The van der Waals surface area contributed by atoms with Gasteiger partial charge in [-0.1, -0.05) is 19.9 Å². The predicted octanol–water partition coefficient (Wildman–Crippen LogP) is 2.37. The summed E-state index contributed by atoms with van der Waals surface area (Å²) in [5.74, 6) is 0.959. The summed E-state index contributed by atoms with van der Waals surface area (Å²) in [4.78, 5) is 6.76. The summed E-state index contributed by atoms with van der Waals surface area (Å²) in [6.07, 6.45) is 3.07. The summed E-state index contributed by atoms with van der Waals surface area (Å²) < 4.78 is 5.11. The molecule has 0 amide bonds. The first-order valence-electron chi connectivity index (χ1n) is 6.70. The molecule has 0 unspecified atom stereocenters. The summed E-state index contributed by atoms with van der Waals surface area (Å²) in [5, 5.41) is 3.28. The largest absolute Gasteiger partial charge is 0.383 e. The van der Waals surface area contributed by atoms with Crippen LogP contribution in [0.5, 0.6) is 0 Å². The molecular weight excluding hydrogens is 226 g/mol. The van der Waals surface area contributed by atoms with Gasteiger partial charge in [0.05, 0.1) is 6.61 Å². The number of pyridine rings is 1. The lowest BCUT2D eigenvalue weighted by Gasteiger charge is -2.19. The first-order chi connectivity index (χ1) is 8.80. The summed E-state index contributed by atoms with van der Waals surface area (Å²) in [7, 11) is 1.74. The molecule has 0 saturated heterocycles. The van der Waals surface area contributed by atoms with E-state index >= 15 is 0 Å².